The number of nitrogens with one attached hydrogen (secondary N) is 1. The number of nitrogens with zero attached hydrogens (tertiary/aromatic N) is 2. The van der Waals surface area contributed by atoms with E-state index in [1.807, 2.05) is 19.9 Å². The van der Waals surface area contributed by atoms with Crippen molar-refractivity contribution < 1.29 is 4.79 Å². The molecular weight excluding hydrogens is 204 g/mol. The average molecular weight is 222 g/mol. The molecule has 1 amide bonds. The van der Waals surface area contributed by atoms with Crippen LogP contribution in [0.4, 0.5) is 5.82 Å². The highest BCUT2D eigenvalue weighted by Gasteiger charge is 2.24. The maximum Gasteiger partial charge on any atom is 0.242 e. The highest BCUT2D eigenvalue weighted by atomic mass is 16.1. The second kappa shape index (κ2) is 4.47. The van der Waals surface area contributed by atoms with Gasteiger partial charge in [0.15, 0.2) is 0 Å². The molecule has 1 heterocycles. The van der Waals surface area contributed by atoms with E-state index in [1.165, 1.54) is 6.33 Å². The molecule has 1 aromatic heterocycles. The van der Waals surface area contributed by atoms with Crippen molar-refractivity contribution in [2.75, 3.05) is 5.32 Å². The smallest absolute Gasteiger partial charge is 0.242 e. The van der Waals surface area contributed by atoms with Crippen LogP contribution >= 0.6 is 0 Å². The fourth-order valence-electron chi connectivity index (χ4n) is 1.14. The van der Waals surface area contributed by atoms with Crippen LogP contribution in [0.25, 0.3) is 0 Å². The Morgan fingerprint density at radius 2 is 2.06 bits per heavy atom. The van der Waals surface area contributed by atoms with Crippen LogP contribution < -0.4 is 11.1 Å². The molecule has 0 bridgehead atoms. The molecule has 1 rings (SSSR count). The Morgan fingerprint density at radius 1 is 1.44 bits per heavy atom. The summed E-state index contributed by atoms with van der Waals surface area (Å²) in [4.78, 5) is 19.4. The zero-order valence-electron chi connectivity index (χ0n) is 10.1. The summed E-state index contributed by atoms with van der Waals surface area (Å²) in [6, 6.07) is 1.83. The summed E-state index contributed by atoms with van der Waals surface area (Å²) in [5.74, 6) is 0.514. The first-order valence-electron chi connectivity index (χ1n) is 5.23. The maximum absolute atomic E-state index is 11.2. The first-order valence-corrected chi connectivity index (χ1v) is 5.23. The molecular formula is C11H18N4O. The number of primary amides is 1. The van der Waals surface area contributed by atoms with E-state index in [2.05, 4.69) is 15.3 Å². The third-order valence-corrected chi connectivity index (χ3v) is 2.34. The van der Waals surface area contributed by atoms with Gasteiger partial charge in [-0.3, -0.25) is 4.79 Å². The molecule has 1 aromatic rings. The fourth-order valence-corrected chi connectivity index (χ4v) is 1.14. The lowest BCUT2D eigenvalue weighted by Gasteiger charge is -2.23. The predicted octanol–water partition coefficient (Wildman–Crippen LogP) is 1.28. The lowest BCUT2D eigenvalue weighted by atomic mass is 10.0. The monoisotopic (exact) mass is 222 g/mol. The third kappa shape index (κ3) is 2.92. The van der Waals surface area contributed by atoms with E-state index in [0.29, 0.717) is 11.7 Å². The topological polar surface area (TPSA) is 80.9 Å². The Balaban J connectivity index is 2.90. The van der Waals surface area contributed by atoms with Crippen molar-refractivity contribution in [3.05, 3.63) is 18.1 Å². The molecule has 0 spiro atoms. The summed E-state index contributed by atoms with van der Waals surface area (Å²) in [5.41, 5.74) is 5.38. The first-order chi connectivity index (χ1) is 7.33. The molecule has 0 radical (unpaired) electrons. The molecule has 0 unspecified atom stereocenters. The molecule has 5 nitrogen and oxygen atoms in total. The lowest BCUT2D eigenvalue weighted by molar-refractivity contribution is -0.121. The quantitative estimate of drug-likeness (QED) is 0.804. The normalized spacial score (nSPS) is 11.6. The zero-order chi connectivity index (χ0) is 12.3. The minimum Gasteiger partial charge on any atom is -0.368 e. The highest BCUT2D eigenvalue weighted by Crippen LogP contribution is 2.16. The number of rotatable bonds is 4. The maximum atomic E-state index is 11.2. The van der Waals surface area contributed by atoms with E-state index in [9.17, 15) is 4.79 Å². The number of anilines is 1. The fraction of sp³-hybridized carbons (Fsp3) is 0.545. The Morgan fingerprint density at radius 3 is 2.56 bits per heavy atom. The molecule has 0 saturated heterocycles. The summed E-state index contributed by atoms with van der Waals surface area (Å²) in [6.45, 7) is 7.52. The van der Waals surface area contributed by atoms with Crippen LogP contribution in [0.1, 0.15) is 39.3 Å². The van der Waals surface area contributed by atoms with Gasteiger partial charge in [-0.25, -0.2) is 9.97 Å². The lowest BCUT2D eigenvalue weighted by Crippen LogP contribution is -2.45. The van der Waals surface area contributed by atoms with Crippen LogP contribution in [0.2, 0.25) is 0 Å². The number of carbonyl (C=O) groups is 1. The Hall–Kier alpha value is -1.65. The van der Waals surface area contributed by atoms with Gasteiger partial charge in [0, 0.05) is 11.8 Å². The number of carbonyl (C=O) groups excluding carboxylic acids is 1. The van der Waals surface area contributed by atoms with Crippen molar-refractivity contribution in [3.63, 3.8) is 0 Å². The van der Waals surface area contributed by atoms with Crippen LogP contribution in [0, 0.1) is 0 Å². The first kappa shape index (κ1) is 12.4. The van der Waals surface area contributed by atoms with E-state index in [-0.39, 0.29) is 0 Å². The number of hydrogen-bond acceptors (Lipinski definition) is 4. The Labute approximate surface area is 95.5 Å². The molecule has 0 aliphatic heterocycles. The second-order valence-corrected chi connectivity index (χ2v) is 4.60. The van der Waals surface area contributed by atoms with Gasteiger partial charge in [0.2, 0.25) is 5.91 Å². The van der Waals surface area contributed by atoms with E-state index in [1.54, 1.807) is 13.8 Å². The summed E-state index contributed by atoms with van der Waals surface area (Å²) in [5, 5.41) is 2.99. The molecule has 16 heavy (non-hydrogen) atoms. The minimum absolute atomic E-state index is 0.320. The standard InChI is InChI=1S/C11H18N4O/c1-7(2)8-5-9(14-6-13-8)15-11(3,4)10(12)16/h5-7H,1-4H3,(H2,12,16)(H,13,14,15). The summed E-state index contributed by atoms with van der Waals surface area (Å²) in [6.07, 6.45) is 1.48. The van der Waals surface area contributed by atoms with Crippen LogP contribution in [0.3, 0.4) is 0 Å². The molecule has 0 aliphatic carbocycles. The van der Waals surface area contributed by atoms with Gasteiger partial charge >= 0.3 is 0 Å². The van der Waals surface area contributed by atoms with Gasteiger partial charge in [-0.05, 0) is 19.8 Å². The molecule has 3 N–H and O–H groups in total. The summed E-state index contributed by atoms with van der Waals surface area (Å²) < 4.78 is 0. The SMILES string of the molecule is CC(C)c1cc(NC(C)(C)C(N)=O)ncn1. The molecule has 0 saturated carbocycles. The summed E-state index contributed by atoms with van der Waals surface area (Å²) >= 11 is 0. The number of aromatic nitrogens is 2. The van der Waals surface area contributed by atoms with Crippen LogP contribution in [0.15, 0.2) is 12.4 Å². The van der Waals surface area contributed by atoms with E-state index in [4.69, 9.17) is 5.73 Å². The van der Waals surface area contributed by atoms with Gasteiger partial charge in [0.1, 0.15) is 17.7 Å². The van der Waals surface area contributed by atoms with E-state index in [0.717, 1.165) is 5.69 Å². The minimum atomic E-state index is -0.817. The molecule has 88 valence electrons. The molecule has 0 aromatic carbocycles. The van der Waals surface area contributed by atoms with Crippen molar-refractivity contribution in [3.8, 4) is 0 Å². The third-order valence-electron chi connectivity index (χ3n) is 2.34. The van der Waals surface area contributed by atoms with Crippen molar-refractivity contribution in [1.82, 2.24) is 9.97 Å². The average Bonchev–Trinajstić information content (AvgIpc) is 2.17. The second-order valence-electron chi connectivity index (χ2n) is 4.60. The molecule has 0 atom stereocenters. The van der Waals surface area contributed by atoms with Crippen molar-refractivity contribution in [2.45, 2.75) is 39.2 Å². The zero-order valence-corrected chi connectivity index (χ0v) is 10.1. The van der Waals surface area contributed by atoms with Crippen molar-refractivity contribution >= 4 is 11.7 Å². The highest BCUT2D eigenvalue weighted by molar-refractivity contribution is 5.86. The van der Waals surface area contributed by atoms with Crippen LogP contribution in [0.5, 0.6) is 0 Å². The predicted molar refractivity (Wildman–Crippen MR) is 63.0 cm³/mol. The largest absolute Gasteiger partial charge is 0.368 e. The van der Waals surface area contributed by atoms with Crippen molar-refractivity contribution in [2.24, 2.45) is 5.73 Å². The van der Waals surface area contributed by atoms with Gasteiger partial charge in [0.05, 0.1) is 0 Å². The Kier molecular flexibility index (Phi) is 3.47. The number of amides is 1. The van der Waals surface area contributed by atoms with E-state index < -0.39 is 11.4 Å². The summed E-state index contributed by atoms with van der Waals surface area (Å²) in [7, 11) is 0. The molecule has 0 aliphatic rings. The molecule has 5 heteroatoms. The molecule has 0 fully saturated rings. The van der Waals surface area contributed by atoms with Gasteiger partial charge in [0.25, 0.3) is 0 Å². The van der Waals surface area contributed by atoms with Gasteiger partial charge < -0.3 is 11.1 Å². The van der Waals surface area contributed by atoms with Crippen LogP contribution in [-0.4, -0.2) is 21.4 Å². The Bertz CT molecular complexity index is 387. The van der Waals surface area contributed by atoms with Gasteiger partial charge in [-0.15, -0.1) is 0 Å². The van der Waals surface area contributed by atoms with Crippen molar-refractivity contribution in [1.29, 1.82) is 0 Å². The van der Waals surface area contributed by atoms with E-state index >= 15 is 0 Å². The van der Waals surface area contributed by atoms with Gasteiger partial charge in [-0.2, -0.15) is 0 Å². The number of hydrogen-bond donors (Lipinski definition) is 2. The van der Waals surface area contributed by atoms with Crippen LogP contribution in [-0.2, 0) is 4.79 Å². The van der Waals surface area contributed by atoms with Gasteiger partial charge in [-0.1, -0.05) is 13.8 Å². The number of nitrogens with two attached hydrogens (primary N) is 1.